The zero-order chi connectivity index (χ0) is 45.5. The lowest BCUT2D eigenvalue weighted by Crippen LogP contribution is -2.54. The Hall–Kier alpha value is -6.97. The summed E-state index contributed by atoms with van der Waals surface area (Å²) < 4.78 is 59.2. The van der Waals surface area contributed by atoms with Crippen LogP contribution in [-0.4, -0.2) is 119 Å². The van der Waals surface area contributed by atoms with Crippen LogP contribution in [0.1, 0.15) is 62.3 Å². The van der Waals surface area contributed by atoms with Crippen molar-refractivity contribution >= 4 is 69.0 Å². The Kier molecular flexibility index (Phi) is 13.8. The van der Waals surface area contributed by atoms with Crippen molar-refractivity contribution in [1.29, 1.82) is 0 Å². The number of piperidine rings is 1. The Morgan fingerprint density at radius 2 is 1.48 bits per heavy atom. The monoisotopic (exact) mass is 888 g/mol. The second-order valence-electron chi connectivity index (χ2n) is 14.8. The number of anilines is 1. The average molecular weight is 889 g/mol. The molecule has 5 aromatic rings. The molecule has 1 saturated heterocycles. The van der Waals surface area contributed by atoms with Crippen LogP contribution in [0.5, 0.6) is 0 Å². The van der Waals surface area contributed by atoms with Gasteiger partial charge in [0, 0.05) is 61.2 Å². The number of aromatic nitrogens is 3. The summed E-state index contributed by atoms with van der Waals surface area (Å²) in [5.74, 6) is -3.73. The number of nitrogens with one attached hydrogen (secondary N) is 4. The van der Waals surface area contributed by atoms with E-state index in [9.17, 15) is 46.7 Å². The molecule has 1 atom stereocenters. The summed E-state index contributed by atoms with van der Waals surface area (Å²) in [4.78, 5) is 88.8. The van der Waals surface area contributed by atoms with Crippen molar-refractivity contribution < 1.29 is 60.9 Å². The molecule has 21 heteroatoms. The van der Waals surface area contributed by atoms with Crippen molar-refractivity contribution in [1.82, 2.24) is 35.2 Å². The first-order valence-electron chi connectivity index (χ1n) is 20.3. The Morgan fingerprint density at radius 1 is 0.812 bits per heavy atom. The molecule has 0 spiro atoms. The van der Waals surface area contributed by atoms with Gasteiger partial charge in [-0.25, -0.2) is 0 Å². The molecular weight excluding hydrogens is 846 g/mol. The van der Waals surface area contributed by atoms with Crippen LogP contribution in [-0.2, 0) is 46.6 Å². The fourth-order valence-electron chi connectivity index (χ4n) is 7.37. The molecule has 0 radical (unpaired) electrons. The van der Waals surface area contributed by atoms with E-state index in [1.54, 1.807) is 40.7 Å². The molecule has 3 aromatic carbocycles. The normalized spacial score (nSPS) is 15.2. The van der Waals surface area contributed by atoms with Gasteiger partial charge in [-0.2, -0.15) is 18.3 Å². The maximum absolute atomic E-state index is 13.2. The highest BCUT2D eigenvalue weighted by Gasteiger charge is 2.45. The maximum atomic E-state index is 13.2. The van der Waals surface area contributed by atoms with E-state index in [2.05, 4.69) is 26.4 Å². The number of amides is 7. The number of halogens is 3. The Morgan fingerprint density at radius 3 is 2.17 bits per heavy atom. The molecule has 2 aliphatic heterocycles. The van der Waals surface area contributed by atoms with Crippen molar-refractivity contribution in [3.8, 4) is 5.69 Å². The molecule has 4 N–H and O–H groups in total. The zero-order valence-electron chi connectivity index (χ0n) is 34.4. The molecule has 1 fully saturated rings. The number of imide groups is 2. The van der Waals surface area contributed by atoms with Crippen LogP contribution in [0, 0.1) is 0 Å². The SMILES string of the molecule is Cn1cc2c3cc(C(=O)NCCNC(=O)CCOCCOCCOCCC(=O)Nc4cccc5c4C(=O)N(C4CCC(=O)NC4=O)C5=O)ccc3n(-c3ccc(C(F)(F)F)cc3)c2n1. The molecule has 4 heterocycles. The molecule has 0 bridgehead atoms. The third-order valence-corrected chi connectivity index (χ3v) is 10.4. The van der Waals surface area contributed by atoms with E-state index in [0.717, 1.165) is 22.4 Å². The van der Waals surface area contributed by atoms with Crippen molar-refractivity contribution in [2.75, 3.05) is 58.0 Å². The third kappa shape index (κ3) is 10.1. The standard InChI is InChI=1S/C43H43F3N8O10/c1-52-24-30-29-23-25(5-10-32(29)53(38(30)51-52)27-8-6-26(7-9-27)43(44,45)46)39(58)48-16-15-47-34(55)13-17-62-19-21-64-22-20-63-18-14-36(57)49-31-4-2-3-28-37(31)42(61)54(41(28)60)33-11-12-35(56)50-40(33)59/h2-10,23-24,33H,11-22H2,1H3,(H,47,55)(H,48,58)(H,49,57)(H,50,56,59). The van der Waals surface area contributed by atoms with Gasteiger partial charge in [0.1, 0.15) is 6.04 Å². The van der Waals surface area contributed by atoms with Crippen molar-refractivity contribution in [3.63, 3.8) is 0 Å². The quantitative estimate of drug-likeness (QED) is 0.0697. The van der Waals surface area contributed by atoms with Crippen LogP contribution >= 0.6 is 0 Å². The van der Waals surface area contributed by atoms with Gasteiger partial charge in [-0.15, -0.1) is 0 Å². The second kappa shape index (κ2) is 19.6. The fourth-order valence-corrected chi connectivity index (χ4v) is 7.37. The highest BCUT2D eigenvalue weighted by Crippen LogP contribution is 2.35. The zero-order valence-corrected chi connectivity index (χ0v) is 34.4. The van der Waals surface area contributed by atoms with E-state index in [1.165, 1.54) is 30.3 Å². The highest BCUT2D eigenvalue weighted by atomic mass is 19.4. The number of fused-ring (bicyclic) bond motifs is 4. The predicted octanol–water partition coefficient (Wildman–Crippen LogP) is 3.25. The molecule has 18 nitrogen and oxygen atoms in total. The number of benzene rings is 3. The summed E-state index contributed by atoms with van der Waals surface area (Å²) in [5.41, 5.74) is 1.42. The Labute approximate surface area is 362 Å². The number of alkyl halides is 3. The molecule has 0 aliphatic carbocycles. The summed E-state index contributed by atoms with van der Waals surface area (Å²) in [6, 6.07) is 13.1. The minimum absolute atomic E-state index is 0.0117. The number of rotatable bonds is 19. The second-order valence-corrected chi connectivity index (χ2v) is 14.8. The van der Waals surface area contributed by atoms with Gasteiger partial charge >= 0.3 is 6.18 Å². The van der Waals surface area contributed by atoms with Crippen LogP contribution in [0.4, 0.5) is 18.9 Å². The molecular formula is C43H43F3N8O10. The molecule has 7 amide bonds. The van der Waals surface area contributed by atoms with Gasteiger partial charge in [-0.1, -0.05) is 6.07 Å². The summed E-state index contributed by atoms with van der Waals surface area (Å²) in [6.45, 7) is 1.37. The number of hydrogen-bond acceptors (Lipinski definition) is 11. The highest BCUT2D eigenvalue weighted by molar-refractivity contribution is 6.26. The number of carbonyl (C=O) groups is 7. The molecule has 336 valence electrons. The van der Waals surface area contributed by atoms with E-state index in [1.807, 2.05) is 0 Å². The van der Waals surface area contributed by atoms with Crippen molar-refractivity contribution in [2.45, 2.75) is 37.9 Å². The lowest BCUT2D eigenvalue weighted by atomic mass is 10.0. The van der Waals surface area contributed by atoms with Crippen LogP contribution in [0.3, 0.4) is 0 Å². The smallest absolute Gasteiger partial charge is 0.379 e. The molecule has 2 aromatic heterocycles. The van der Waals surface area contributed by atoms with Gasteiger partial charge in [0.25, 0.3) is 17.7 Å². The lowest BCUT2D eigenvalue weighted by Gasteiger charge is -2.27. The van der Waals surface area contributed by atoms with Gasteiger partial charge in [0.15, 0.2) is 5.65 Å². The number of nitrogens with zero attached hydrogens (tertiary/aromatic N) is 4. The maximum Gasteiger partial charge on any atom is 0.416 e. The van der Waals surface area contributed by atoms with E-state index in [0.29, 0.717) is 27.8 Å². The summed E-state index contributed by atoms with van der Waals surface area (Å²) in [7, 11) is 1.73. The van der Waals surface area contributed by atoms with Crippen LogP contribution in [0.2, 0.25) is 0 Å². The van der Waals surface area contributed by atoms with Gasteiger partial charge < -0.3 is 30.2 Å². The lowest BCUT2D eigenvalue weighted by molar-refractivity contribution is -0.138. The van der Waals surface area contributed by atoms with Crippen LogP contribution < -0.4 is 21.3 Å². The number of hydrogen-bond donors (Lipinski definition) is 4. The Bertz CT molecular complexity index is 2620. The summed E-state index contributed by atoms with van der Waals surface area (Å²) in [5, 5.41) is 16.2. The van der Waals surface area contributed by atoms with E-state index < -0.39 is 47.3 Å². The number of carbonyl (C=O) groups excluding carboxylic acids is 7. The van der Waals surface area contributed by atoms with Gasteiger partial charge in [0.05, 0.1) is 74.0 Å². The van der Waals surface area contributed by atoms with Crippen molar-refractivity contribution in [3.05, 3.63) is 89.1 Å². The fraction of sp³-hybridized carbons (Fsp3) is 0.349. The first-order chi connectivity index (χ1) is 30.7. The Balaban J connectivity index is 0.738. The predicted molar refractivity (Wildman–Crippen MR) is 221 cm³/mol. The molecule has 64 heavy (non-hydrogen) atoms. The van der Waals surface area contributed by atoms with Gasteiger partial charge in [-0.3, -0.25) is 53.0 Å². The van der Waals surface area contributed by atoms with Crippen LogP contribution in [0.15, 0.2) is 66.9 Å². The topological polar surface area (TPSA) is 221 Å². The minimum atomic E-state index is -4.47. The van der Waals surface area contributed by atoms with Gasteiger partial charge in [0.2, 0.25) is 23.6 Å². The van der Waals surface area contributed by atoms with Crippen molar-refractivity contribution in [2.24, 2.45) is 7.05 Å². The van der Waals surface area contributed by atoms with E-state index in [-0.39, 0.29) is 107 Å². The average Bonchev–Trinajstić information content (AvgIpc) is 3.87. The largest absolute Gasteiger partial charge is 0.416 e. The first-order valence-corrected chi connectivity index (χ1v) is 20.3. The number of ether oxygens (including phenoxy) is 3. The molecule has 2 aliphatic rings. The first kappa shape index (κ1) is 45.1. The molecule has 0 saturated carbocycles. The van der Waals surface area contributed by atoms with Crippen LogP contribution in [0.25, 0.3) is 27.6 Å². The summed E-state index contributed by atoms with van der Waals surface area (Å²) in [6.07, 6.45) is -2.66. The van der Waals surface area contributed by atoms with Gasteiger partial charge in [-0.05, 0) is 61.0 Å². The third-order valence-electron chi connectivity index (χ3n) is 10.4. The molecule has 7 rings (SSSR count). The number of aryl methyl sites for hydroxylation is 1. The minimum Gasteiger partial charge on any atom is -0.379 e. The van der Waals surface area contributed by atoms with E-state index in [4.69, 9.17) is 14.2 Å². The summed E-state index contributed by atoms with van der Waals surface area (Å²) >= 11 is 0. The molecule has 1 unspecified atom stereocenters. The van der Waals surface area contributed by atoms with E-state index >= 15 is 0 Å².